The van der Waals surface area contributed by atoms with Gasteiger partial charge in [0.1, 0.15) is 5.56 Å². The van der Waals surface area contributed by atoms with Crippen LogP contribution in [0.4, 0.5) is 0 Å². The Bertz CT molecular complexity index is 472. The van der Waals surface area contributed by atoms with Crippen LogP contribution in [0.5, 0.6) is 5.88 Å². The maximum Gasteiger partial charge on any atom is 0.341 e. The molecule has 0 atom stereocenters. The van der Waals surface area contributed by atoms with E-state index in [1.54, 1.807) is 21.0 Å². The number of aromatic nitrogens is 2. The van der Waals surface area contributed by atoms with Crippen LogP contribution in [0.15, 0.2) is 0 Å². The van der Waals surface area contributed by atoms with Gasteiger partial charge in [-0.05, 0) is 33.3 Å². The summed E-state index contributed by atoms with van der Waals surface area (Å²) in [6.07, 6.45) is 0.622. The van der Waals surface area contributed by atoms with Gasteiger partial charge in [-0.3, -0.25) is 0 Å². The summed E-state index contributed by atoms with van der Waals surface area (Å²) in [6, 6.07) is 0. The Morgan fingerprint density at radius 3 is 2.47 bits per heavy atom. The first kappa shape index (κ1) is 15.4. The minimum Gasteiger partial charge on any atom is -0.477 e. The quantitative estimate of drug-likeness (QED) is 0.849. The van der Waals surface area contributed by atoms with E-state index in [-0.39, 0.29) is 17.0 Å². The van der Waals surface area contributed by atoms with Gasteiger partial charge in [-0.2, -0.15) is 5.10 Å². The molecule has 6 heteroatoms. The van der Waals surface area contributed by atoms with Gasteiger partial charge in [-0.15, -0.1) is 5.10 Å². The molecule has 0 saturated carbocycles. The van der Waals surface area contributed by atoms with Gasteiger partial charge < -0.3 is 14.6 Å². The van der Waals surface area contributed by atoms with Gasteiger partial charge in [-0.25, -0.2) is 4.79 Å². The van der Waals surface area contributed by atoms with E-state index in [0.29, 0.717) is 24.3 Å². The Balaban J connectivity index is 2.85. The fraction of sp³-hybridized carbons (Fsp3) is 0.615. The summed E-state index contributed by atoms with van der Waals surface area (Å²) >= 11 is 0. The van der Waals surface area contributed by atoms with E-state index in [2.05, 4.69) is 10.2 Å². The highest BCUT2D eigenvalue weighted by molar-refractivity contribution is 5.91. The standard InChI is InChI=1S/C13H20N2O4/c1-8-9(2)14-15-11(10(8)12(16)17)19-7-6-13(3,4)18-5/h6-7H2,1-5H3,(H,16,17). The second-order valence-corrected chi connectivity index (χ2v) is 4.96. The van der Waals surface area contributed by atoms with E-state index in [9.17, 15) is 9.90 Å². The molecular weight excluding hydrogens is 248 g/mol. The van der Waals surface area contributed by atoms with Crippen molar-refractivity contribution in [2.75, 3.05) is 13.7 Å². The van der Waals surface area contributed by atoms with Crippen molar-refractivity contribution in [3.8, 4) is 5.88 Å². The monoisotopic (exact) mass is 268 g/mol. The van der Waals surface area contributed by atoms with Crippen LogP contribution in [0.25, 0.3) is 0 Å². The number of rotatable bonds is 6. The average Bonchev–Trinajstić information content (AvgIpc) is 2.33. The van der Waals surface area contributed by atoms with E-state index in [4.69, 9.17) is 9.47 Å². The topological polar surface area (TPSA) is 81.5 Å². The number of aryl methyl sites for hydroxylation is 1. The summed E-state index contributed by atoms with van der Waals surface area (Å²) in [4.78, 5) is 11.2. The molecular formula is C13H20N2O4. The number of carboxylic acid groups (broad SMARTS) is 1. The molecule has 0 unspecified atom stereocenters. The Hall–Kier alpha value is -1.69. The fourth-order valence-electron chi connectivity index (χ4n) is 1.44. The molecule has 0 aliphatic carbocycles. The number of aromatic carboxylic acids is 1. The van der Waals surface area contributed by atoms with Crippen molar-refractivity contribution in [2.45, 2.75) is 39.7 Å². The van der Waals surface area contributed by atoms with Crippen molar-refractivity contribution in [3.63, 3.8) is 0 Å². The zero-order chi connectivity index (χ0) is 14.6. The lowest BCUT2D eigenvalue weighted by molar-refractivity contribution is 0.00490. The van der Waals surface area contributed by atoms with Gasteiger partial charge in [-0.1, -0.05) is 0 Å². The largest absolute Gasteiger partial charge is 0.477 e. The Morgan fingerprint density at radius 1 is 1.32 bits per heavy atom. The predicted molar refractivity (Wildman–Crippen MR) is 69.7 cm³/mol. The molecule has 0 fully saturated rings. The van der Waals surface area contributed by atoms with E-state index >= 15 is 0 Å². The Morgan fingerprint density at radius 2 is 1.95 bits per heavy atom. The second kappa shape index (κ2) is 5.97. The molecule has 19 heavy (non-hydrogen) atoms. The van der Waals surface area contributed by atoms with Crippen LogP contribution in [0.2, 0.25) is 0 Å². The lowest BCUT2D eigenvalue weighted by Gasteiger charge is -2.22. The number of ether oxygens (including phenoxy) is 2. The molecule has 106 valence electrons. The van der Waals surface area contributed by atoms with E-state index in [1.807, 2.05) is 13.8 Å². The van der Waals surface area contributed by atoms with E-state index < -0.39 is 5.97 Å². The molecule has 0 amide bonds. The molecule has 1 aromatic rings. The summed E-state index contributed by atoms with van der Waals surface area (Å²) in [6.45, 7) is 7.59. The van der Waals surface area contributed by atoms with Crippen molar-refractivity contribution in [3.05, 3.63) is 16.8 Å². The van der Waals surface area contributed by atoms with E-state index in [1.165, 1.54) is 0 Å². The number of carbonyl (C=O) groups is 1. The molecule has 1 aromatic heterocycles. The number of methoxy groups -OCH3 is 1. The van der Waals surface area contributed by atoms with Crippen LogP contribution < -0.4 is 4.74 Å². The molecule has 0 aliphatic rings. The molecule has 0 saturated heterocycles. The first-order chi connectivity index (χ1) is 8.78. The van der Waals surface area contributed by atoms with Crippen molar-refractivity contribution in [1.82, 2.24) is 10.2 Å². The van der Waals surface area contributed by atoms with Crippen LogP contribution in [0.1, 0.15) is 41.9 Å². The van der Waals surface area contributed by atoms with Gasteiger partial charge in [0.15, 0.2) is 0 Å². The molecule has 0 spiro atoms. The lowest BCUT2D eigenvalue weighted by Crippen LogP contribution is -2.25. The molecule has 1 N–H and O–H groups in total. The van der Waals surface area contributed by atoms with Crippen molar-refractivity contribution >= 4 is 5.97 Å². The van der Waals surface area contributed by atoms with Gasteiger partial charge >= 0.3 is 5.97 Å². The Kier molecular flexibility index (Phi) is 4.83. The number of hydrogen-bond acceptors (Lipinski definition) is 5. The second-order valence-electron chi connectivity index (χ2n) is 4.96. The van der Waals surface area contributed by atoms with Crippen LogP contribution in [0, 0.1) is 13.8 Å². The van der Waals surface area contributed by atoms with Crippen molar-refractivity contribution in [1.29, 1.82) is 0 Å². The van der Waals surface area contributed by atoms with Crippen LogP contribution in [-0.2, 0) is 4.74 Å². The average molecular weight is 268 g/mol. The molecule has 0 bridgehead atoms. The summed E-state index contributed by atoms with van der Waals surface area (Å²) in [5.74, 6) is -1.00. The molecule has 6 nitrogen and oxygen atoms in total. The minimum atomic E-state index is -1.06. The third-order valence-corrected chi connectivity index (χ3v) is 3.13. The van der Waals surface area contributed by atoms with Crippen LogP contribution in [0.3, 0.4) is 0 Å². The highest BCUT2D eigenvalue weighted by Gasteiger charge is 2.21. The maximum atomic E-state index is 11.2. The summed E-state index contributed by atoms with van der Waals surface area (Å²) in [5.41, 5.74) is 0.907. The first-order valence-corrected chi connectivity index (χ1v) is 6.03. The van der Waals surface area contributed by atoms with Crippen LogP contribution in [-0.4, -0.2) is 40.6 Å². The zero-order valence-corrected chi connectivity index (χ0v) is 12.0. The third-order valence-electron chi connectivity index (χ3n) is 3.13. The third kappa shape index (κ3) is 3.89. The number of nitrogens with zero attached hydrogens (tertiary/aromatic N) is 2. The summed E-state index contributed by atoms with van der Waals surface area (Å²) in [7, 11) is 1.62. The SMILES string of the molecule is COC(C)(C)CCOc1nnc(C)c(C)c1C(=O)O. The van der Waals surface area contributed by atoms with Gasteiger partial charge in [0, 0.05) is 13.5 Å². The minimum absolute atomic E-state index is 0.0579. The number of hydrogen-bond donors (Lipinski definition) is 1. The molecule has 0 aromatic carbocycles. The Labute approximate surface area is 112 Å². The fourth-order valence-corrected chi connectivity index (χ4v) is 1.44. The highest BCUT2D eigenvalue weighted by Crippen LogP contribution is 2.21. The first-order valence-electron chi connectivity index (χ1n) is 6.03. The van der Waals surface area contributed by atoms with Gasteiger partial charge in [0.25, 0.3) is 0 Å². The zero-order valence-electron chi connectivity index (χ0n) is 12.0. The van der Waals surface area contributed by atoms with Gasteiger partial charge in [0.2, 0.25) is 5.88 Å². The normalized spacial score (nSPS) is 11.4. The van der Waals surface area contributed by atoms with E-state index in [0.717, 1.165) is 0 Å². The molecule has 1 heterocycles. The highest BCUT2D eigenvalue weighted by atomic mass is 16.5. The molecule has 0 aliphatic heterocycles. The smallest absolute Gasteiger partial charge is 0.341 e. The lowest BCUT2D eigenvalue weighted by atomic mass is 10.1. The van der Waals surface area contributed by atoms with Crippen LogP contribution >= 0.6 is 0 Å². The summed E-state index contributed by atoms with van der Waals surface area (Å²) in [5, 5.41) is 16.9. The molecule has 0 radical (unpaired) electrons. The van der Waals surface area contributed by atoms with Crippen molar-refractivity contribution < 1.29 is 19.4 Å². The summed E-state index contributed by atoms with van der Waals surface area (Å²) < 4.78 is 10.7. The maximum absolute atomic E-state index is 11.2. The number of carboxylic acids is 1. The van der Waals surface area contributed by atoms with Gasteiger partial charge in [0.05, 0.1) is 17.9 Å². The predicted octanol–water partition coefficient (Wildman–Crippen LogP) is 1.99. The molecule has 1 rings (SSSR count). The van der Waals surface area contributed by atoms with Crippen molar-refractivity contribution in [2.24, 2.45) is 0 Å².